The second-order valence-corrected chi connectivity index (χ2v) is 7.02. The molecule has 0 aliphatic rings. The van der Waals surface area contributed by atoms with E-state index in [9.17, 15) is 9.67 Å². The van der Waals surface area contributed by atoms with Crippen molar-refractivity contribution in [3.8, 4) is 5.75 Å². The predicted molar refractivity (Wildman–Crippen MR) is 84.6 cm³/mol. The minimum Gasteiger partial charge on any atom is -0.508 e. The largest absolute Gasteiger partial charge is 0.508 e. The lowest BCUT2D eigenvalue weighted by Crippen LogP contribution is -2.25. The molecule has 2 atom stereocenters. The number of nitrogens with one attached hydrogen (secondary N) is 1. The van der Waals surface area contributed by atoms with Crippen molar-refractivity contribution in [2.24, 2.45) is 0 Å². The summed E-state index contributed by atoms with van der Waals surface area (Å²) in [4.78, 5) is 0. The van der Waals surface area contributed by atoms with E-state index in [0.717, 1.165) is 12.8 Å². The van der Waals surface area contributed by atoms with Crippen molar-refractivity contribution in [2.75, 3.05) is 19.3 Å². The van der Waals surface area contributed by atoms with Gasteiger partial charge in [0, 0.05) is 11.7 Å². The van der Waals surface area contributed by atoms with E-state index in [1.807, 2.05) is 6.07 Å². The summed E-state index contributed by atoms with van der Waals surface area (Å²) in [6, 6.07) is 6.89. The fraction of sp³-hybridized carbons (Fsp3) is 0.600. The highest BCUT2D eigenvalue weighted by atomic mass is 31.2. The Kier molecular flexibility index (Phi) is 7.97. The van der Waals surface area contributed by atoms with Gasteiger partial charge in [-0.1, -0.05) is 38.5 Å². The Morgan fingerprint density at radius 1 is 1.29 bits per heavy atom. The molecule has 2 N–H and O–H groups in total. The number of hydrogen-bond acceptors (Lipinski definition) is 5. The molecule has 1 aromatic rings. The van der Waals surface area contributed by atoms with E-state index in [4.69, 9.17) is 9.05 Å². The number of benzene rings is 1. The fourth-order valence-corrected chi connectivity index (χ4v) is 3.17. The van der Waals surface area contributed by atoms with Crippen LogP contribution in [0.15, 0.2) is 24.3 Å². The minimum absolute atomic E-state index is 0.116. The molecule has 0 fully saturated rings. The molecule has 6 heteroatoms. The van der Waals surface area contributed by atoms with Crippen molar-refractivity contribution in [3.63, 3.8) is 0 Å². The molecule has 0 bridgehead atoms. The highest BCUT2D eigenvalue weighted by Crippen LogP contribution is 2.51. The second-order valence-electron chi connectivity index (χ2n) is 4.70. The maximum absolute atomic E-state index is 12.5. The zero-order valence-corrected chi connectivity index (χ0v) is 13.9. The number of hydrogen-bond donors (Lipinski definition) is 2. The quantitative estimate of drug-likeness (QED) is 0.387. The number of para-hydroxylation sites is 1. The summed E-state index contributed by atoms with van der Waals surface area (Å²) < 4.78 is 23.5. The van der Waals surface area contributed by atoms with Crippen LogP contribution in [0.2, 0.25) is 0 Å². The molecule has 0 aliphatic heterocycles. The van der Waals surface area contributed by atoms with Crippen LogP contribution < -0.4 is 5.32 Å². The lowest BCUT2D eigenvalue weighted by molar-refractivity contribution is 0.123. The van der Waals surface area contributed by atoms with Crippen LogP contribution in [-0.2, 0) is 13.6 Å². The van der Waals surface area contributed by atoms with Crippen LogP contribution in [0.1, 0.15) is 45.4 Å². The summed E-state index contributed by atoms with van der Waals surface area (Å²) in [5, 5.41) is 13.2. The van der Waals surface area contributed by atoms with Crippen LogP contribution in [0.25, 0.3) is 0 Å². The van der Waals surface area contributed by atoms with Crippen molar-refractivity contribution in [1.29, 1.82) is 0 Å². The van der Waals surface area contributed by atoms with Gasteiger partial charge in [0.25, 0.3) is 0 Å². The van der Waals surface area contributed by atoms with Crippen LogP contribution in [-0.4, -0.2) is 24.4 Å². The van der Waals surface area contributed by atoms with Crippen molar-refractivity contribution in [2.45, 2.75) is 39.8 Å². The minimum atomic E-state index is -3.16. The Balaban J connectivity index is 2.92. The van der Waals surface area contributed by atoms with Crippen molar-refractivity contribution < 1.29 is 18.7 Å². The number of unbranched alkanes of at least 4 members (excludes halogenated alkanes) is 1. The summed E-state index contributed by atoms with van der Waals surface area (Å²) in [5.41, 5.74) is 0.571. The first-order chi connectivity index (χ1) is 10.1. The van der Waals surface area contributed by atoms with Gasteiger partial charge >= 0.3 is 7.60 Å². The van der Waals surface area contributed by atoms with Crippen molar-refractivity contribution >= 4 is 7.60 Å². The second kappa shape index (κ2) is 9.21. The Hall–Kier alpha value is -0.870. The molecule has 2 unspecified atom stereocenters. The molecule has 0 heterocycles. The maximum atomic E-state index is 12.5. The average molecular weight is 315 g/mol. The molecule has 0 radical (unpaired) electrons. The monoisotopic (exact) mass is 315 g/mol. The first-order valence-corrected chi connectivity index (χ1v) is 9.22. The van der Waals surface area contributed by atoms with E-state index in [0.29, 0.717) is 24.9 Å². The van der Waals surface area contributed by atoms with Crippen molar-refractivity contribution in [3.05, 3.63) is 29.8 Å². The van der Waals surface area contributed by atoms with Crippen molar-refractivity contribution in [1.82, 2.24) is 5.32 Å². The highest BCUT2D eigenvalue weighted by Gasteiger charge is 2.28. The predicted octanol–water partition coefficient (Wildman–Crippen LogP) is 4.05. The van der Waals surface area contributed by atoms with E-state index in [2.05, 4.69) is 12.2 Å². The standard InChI is InChI=1S/C15H26NO4P/c1-4-7-12-16-15(13-10-8-9-11-14(13)17)20-21(18,6-3)19-5-2/h8-11,15-17H,4-7,12H2,1-3H3. The van der Waals surface area contributed by atoms with Gasteiger partial charge in [-0.05, 0) is 26.0 Å². The van der Waals surface area contributed by atoms with Gasteiger partial charge in [0.1, 0.15) is 12.0 Å². The van der Waals surface area contributed by atoms with E-state index in [-0.39, 0.29) is 5.75 Å². The number of rotatable bonds is 10. The average Bonchev–Trinajstić information content (AvgIpc) is 2.47. The summed E-state index contributed by atoms with van der Waals surface area (Å²) in [5.74, 6) is 0.116. The molecular weight excluding hydrogens is 289 g/mol. The van der Waals surface area contributed by atoms with Gasteiger partial charge in [0.05, 0.1) is 6.61 Å². The van der Waals surface area contributed by atoms with E-state index >= 15 is 0 Å². The van der Waals surface area contributed by atoms with Crippen LogP contribution in [0.4, 0.5) is 0 Å². The number of aromatic hydroxyl groups is 1. The summed E-state index contributed by atoms with van der Waals surface area (Å²) in [7, 11) is -3.16. The Morgan fingerprint density at radius 2 is 2.00 bits per heavy atom. The first-order valence-electron chi connectivity index (χ1n) is 7.49. The fourth-order valence-electron chi connectivity index (χ4n) is 1.88. The number of phenolic OH excluding ortho intramolecular Hbond substituents is 1. The van der Waals surface area contributed by atoms with E-state index < -0.39 is 13.8 Å². The van der Waals surface area contributed by atoms with E-state index in [1.165, 1.54) is 0 Å². The zero-order chi connectivity index (χ0) is 15.7. The molecule has 0 spiro atoms. The van der Waals surface area contributed by atoms with Crippen LogP contribution in [0.5, 0.6) is 5.75 Å². The number of phenols is 1. The van der Waals surface area contributed by atoms with Crippen LogP contribution in [0.3, 0.4) is 0 Å². The Morgan fingerprint density at radius 3 is 2.57 bits per heavy atom. The zero-order valence-electron chi connectivity index (χ0n) is 13.0. The SMILES string of the molecule is CCCCNC(OP(=O)(CC)OCC)c1ccccc1O. The van der Waals surface area contributed by atoms with Gasteiger partial charge in [-0.2, -0.15) is 0 Å². The third kappa shape index (κ3) is 5.79. The van der Waals surface area contributed by atoms with Crippen LogP contribution >= 0.6 is 7.60 Å². The highest BCUT2D eigenvalue weighted by molar-refractivity contribution is 7.53. The molecule has 1 rings (SSSR count). The van der Waals surface area contributed by atoms with E-state index in [1.54, 1.807) is 32.0 Å². The van der Waals surface area contributed by atoms with Gasteiger partial charge in [-0.25, -0.2) is 0 Å². The molecule has 0 saturated carbocycles. The summed E-state index contributed by atoms with van der Waals surface area (Å²) >= 11 is 0. The lowest BCUT2D eigenvalue weighted by atomic mass is 10.1. The van der Waals surface area contributed by atoms with Gasteiger partial charge in [-0.3, -0.25) is 14.4 Å². The molecule has 120 valence electrons. The molecule has 0 aromatic heterocycles. The maximum Gasteiger partial charge on any atom is 0.332 e. The van der Waals surface area contributed by atoms with Crippen LogP contribution in [0, 0.1) is 0 Å². The molecule has 21 heavy (non-hydrogen) atoms. The van der Waals surface area contributed by atoms with Gasteiger partial charge in [-0.15, -0.1) is 0 Å². The molecule has 0 saturated heterocycles. The molecule has 5 nitrogen and oxygen atoms in total. The lowest BCUT2D eigenvalue weighted by Gasteiger charge is -2.25. The smallest absolute Gasteiger partial charge is 0.332 e. The molecule has 0 aliphatic carbocycles. The first kappa shape index (κ1) is 18.2. The molecule has 0 amide bonds. The molecular formula is C15H26NO4P. The molecule has 1 aromatic carbocycles. The topological polar surface area (TPSA) is 67.8 Å². The summed E-state index contributed by atoms with van der Waals surface area (Å²) in [6.07, 6.45) is 1.66. The van der Waals surface area contributed by atoms with Gasteiger partial charge in [0.15, 0.2) is 0 Å². The third-order valence-corrected chi connectivity index (χ3v) is 5.02. The third-order valence-electron chi connectivity index (χ3n) is 3.06. The Bertz CT molecular complexity index is 467. The summed E-state index contributed by atoms with van der Waals surface area (Å²) in [6.45, 7) is 6.68. The normalized spacial score (nSPS) is 15.6. The Labute approximate surface area is 127 Å². The van der Waals surface area contributed by atoms with Gasteiger partial charge in [0.2, 0.25) is 0 Å². The van der Waals surface area contributed by atoms with Gasteiger partial charge < -0.3 is 9.63 Å².